The molecule has 0 spiro atoms. The summed E-state index contributed by atoms with van der Waals surface area (Å²) in [5.41, 5.74) is 1.29. The van der Waals surface area contributed by atoms with Gasteiger partial charge < -0.3 is 5.32 Å². The minimum atomic E-state index is 0.444. The van der Waals surface area contributed by atoms with Crippen LogP contribution < -0.4 is 5.32 Å². The van der Waals surface area contributed by atoms with Gasteiger partial charge in [-0.3, -0.25) is 4.90 Å². The molecule has 0 radical (unpaired) electrons. The minimum absolute atomic E-state index is 0.444. The van der Waals surface area contributed by atoms with Crippen LogP contribution in [0.25, 0.3) is 0 Å². The molecular formula is C13H16ClN3. The van der Waals surface area contributed by atoms with Crippen LogP contribution in [0.3, 0.4) is 0 Å². The number of nitrogens with one attached hydrogen (secondary N) is 1. The summed E-state index contributed by atoms with van der Waals surface area (Å²) >= 11 is 5.85. The average molecular weight is 250 g/mol. The van der Waals surface area contributed by atoms with E-state index < -0.39 is 0 Å². The summed E-state index contributed by atoms with van der Waals surface area (Å²) in [6, 6.07) is 10.6. The molecule has 1 heterocycles. The molecule has 0 aromatic heterocycles. The van der Waals surface area contributed by atoms with Crippen LogP contribution in [0.2, 0.25) is 5.02 Å². The van der Waals surface area contributed by atoms with Crippen molar-refractivity contribution in [1.29, 1.82) is 5.26 Å². The zero-order valence-electron chi connectivity index (χ0n) is 9.69. The van der Waals surface area contributed by atoms with Crippen molar-refractivity contribution in [3.63, 3.8) is 0 Å². The fraction of sp³-hybridized carbons (Fsp3) is 0.462. The van der Waals surface area contributed by atoms with Gasteiger partial charge in [0.1, 0.15) is 0 Å². The van der Waals surface area contributed by atoms with Gasteiger partial charge in [-0.05, 0) is 24.1 Å². The van der Waals surface area contributed by atoms with Gasteiger partial charge in [0.15, 0.2) is 0 Å². The lowest BCUT2D eigenvalue weighted by molar-refractivity contribution is 0.321. The van der Waals surface area contributed by atoms with Crippen LogP contribution in [0.1, 0.15) is 12.0 Å². The van der Waals surface area contributed by atoms with Crippen molar-refractivity contribution in [3.05, 3.63) is 34.9 Å². The van der Waals surface area contributed by atoms with Crippen LogP contribution in [0.4, 0.5) is 0 Å². The van der Waals surface area contributed by atoms with E-state index in [0.717, 1.165) is 31.1 Å². The van der Waals surface area contributed by atoms with Crippen molar-refractivity contribution >= 4 is 11.6 Å². The molecule has 90 valence electrons. The van der Waals surface area contributed by atoms with E-state index in [4.69, 9.17) is 16.9 Å². The SMILES string of the molecule is N#CCNC1CCN(Cc2ccc(Cl)cc2)C1. The zero-order chi connectivity index (χ0) is 12.1. The van der Waals surface area contributed by atoms with Crippen molar-refractivity contribution < 1.29 is 0 Å². The molecule has 1 N–H and O–H groups in total. The van der Waals surface area contributed by atoms with Crippen molar-refractivity contribution in [1.82, 2.24) is 10.2 Å². The van der Waals surface area contributed by atoms with Gasteiger partial charge in [-0.15, -0.1) is 0 Å². The Morgan fingerprint density at radius 3 is 2.88 bits per heavy atom. The number of halogens is 1. The Morgan fingerprint density at radius 1 is 1.41 bits per heavy atom. The van der Waals surface area contributed by atoms with Gasteiger partial charge in [0.2, 0.25) is 0 Å². The average Bonchev–Trinajstić information content (AvgIpc) is 2.77. The van der Waals surface area contributed by atoms with Gasteiger partial charge in [-0.2, -0.15) is 5.26 Å². The van der Waals surface area contributed by atoms with Crippen LogP contribution in [0, 0.1) is 11.3 Å². The molecule has 1 aliphatic heterocycles. The topological polar surface area (TPSA) is 39.1 Å². The standard InChI is InChI=1S/C13H16ClN3/c14-12-3-1-11(2-4-12)9-17-8-5-13(10-17)16-7-6-15/h1-4,13,16H,5,7-10H2. The van der Waals surface area contributed by atoms with Gasteiger partial charge in [0, 0.05) is 30.7 Å². The zero-order valence-corrected chi connectivity index (χ0v) is 10.5. The molecule has 4 heteroatoms. The Balaban J connectivity index is 1.81. The van der Waals surface area contributed by atoms with Crippen LogP contribution in [0.5, 0.6) is 0 Å². The highest BCUT2D eigenvalue weighted by Crippen LogP contribution is 2.15. The number of hydrogen-bond acceptors (Lipinski definition) is 3. The number of rotatable bonds is 4. The largest absolute Gasteiger partial charge is 0.300 e. The molecule has 17 heavy (non-hydrogen) atoms. The summed E-state index contributed by atoms with van der Waals surface area (Å²) in [7, 11) is 0. The maximum absolute atomic E-state index is 8.52. The summed E-state index contributed by atoms with van der Waals surface area (Å²) in [5, 5.41) is 12.5. The van der Waals surface area contributed by atoms with E-state index in [0.29, 0.717) is 12.6 Å². The van der Waals surface area contributed by atoms with E-state index in [1.807, 2.05) is 12.1 Å². The molecule has 1 aliphatic rings. The van der Waals surface area contributed by atoms with Crippen molar-refractivity contribution in [2.24, 2.45) is 0 Å². The molecule has 1 fully saturated rings. The second-order valence-corrected chi connectivity index (χ2v) is 4.82. The third-order valence-electron chi connectivity index (χ3n) is 3.06. The molecule has 3 nitrogen and oxygen atoms in total. The second-order valence-electron chi connectivity index (χ2n) is 4.39. The normalized spacial score (nSPS) is 20.4. The lowest BCUT2D eigenvalue weighted by Crippen LogP contribution is -2.32. The van der Waals surface area contributed by atoms with Gasteiger partial charge >= 0.3 is 0 Å². The number of nitrogens with zero attached hydrogens (tertiary/aromatic N) is 2. The molecule has 0 amide bonds. The summed E-state index contributed by atoms with van der Waals surface area (Å²) in [6.45, 7) is 3.51. The summed E-state index contributed by atoms with van der Waals surface area (Å²) in [5.74, 6) is 0. The van der Waals surface area contributed by atoms with Crippen molar-refractivity contribution in [2.75, 3.05) is 19.6 Å². The summed E-state index contributed by atoms with van der Waals surface area (Å²) < 4.78 is 0. The third kappa shape index (κ3) is 3.71. The molecule has 0 bridgehead atoms. The predicted octanol–water partition coefficient (Wildman–Crippen LogP) is 2.03. The quantitative estimate of drug-likeness (QED) is 0.830. The summed E-state index contributed by atoms with van der Waals surface area (Å²) in [4.78, 5) is 2.40. The Hall–Kier alpha value is -1.08. The number of nitriles is 1. The van der Waals surface area contributed by atoms with Crippen LogP contribution in [-0.2, 0) is 6.54 Å². The highest BCUT2D eigenvalue weighted by molar-refractivity contribution is 6.30. The van der Waals surface area contributed by atoms with Crippen molar-refractivity contribution in [2.45, 2.75) is 19.0 Å². The molecule has 1 saturated heterocycles. The monoisotopic (exact) mass is 249 g/mol. The first-order chi connectivity index (χ1) is 8.28. The van der Waals surface area contributed by atoms with Gasteiger partial charge in [0.25, 0.3) is 0 Å². The van der Waals surface area contributed by atoms with E-state index in [2.05, 4.69) is 28.4 Å². The molecule has 1 aromatic carbocycles. The van der Waals surface area contributed by atoms with Gasteiger partial charge in [-0.25, -0.2) is 0 Å². The Labute approximate surface area is 107 Å². The van der Waals surface area contributed by atoms with E-state index in [9.17, 15) is 0 Å². The number of hydrogen-bond donors (Lipinski definition) is 1. The van der Waals surface area contributed by atoms with Crippen LogP contribution >= 0.6 is 11.6 Å². The van der Waals surface area contributed by atoms with Gasteiger partial charge in [-0.1, -0.05) is 23.7 Å². The first-order valence-electron chi connectivity index (χ1n) is 5.85. The molecule has 0 aliphatic carbocycles. The van der Waals surface area contributed by atoms with E-state index in [-0.39, 0.29) is 0 Å². The first kappa shape index (κ1) is 12.4. The molecule has 0 saturated carbocycles. The second kappa shape index (κ2) is 6.02. The molecular weight excluding hydrogens is 234 g/mol. The Kier molecular flexibility index (Phi) is 4.38. The Bertz CT molecular complexity index is 396. The maximum Gasteiger partial charge on any atom is 0.0843 e. The fourth-order valence-electron chi connectivity index (χ4n) is 2.18. The minimum Gasteiger partial charge on any atom is -0.300 e. The molecule has 1 atom stereocenters. The number of likely N-dealkylation sites (tertiary alicyclic amines) is 1. The smallest absolute Gasteiger partial charge is 0.0843 e. The lowest BCUT2D eigenvalue weighted by atomic mass is 10.2. The van der Waals surface area contributed by atoms with Crippen LogP contribution in [-0.4, -0.2) is 30.6 Å². The van der Waals surface area contributed by atoms with Crippen molar-refractivity contribution in [3.8, 4) is 6.07 Å². The maximum atomic E-state index is 8.52. The predicted molar refractivity (Wildman–Crippen MR) is 68.7 cm³/mol. The fourth-order valence-corrected chi connectivity index (χ4v) is 2.31. The van der Waals surface area contributed by atoms with E-state index in [1.54, 1.807) is 0 Å². The third-order valence-corrected chi connectivity index (χ3v) is 3.31. The van der Waals surface area contributed by atoms with Crippen LogP contribution in [0.15, 0.2) is 24.3 Å². The highest BCUT2D eigenvalue weighted by atomic mass is 35.5. The number of benzene rings is 1. The Morgan fingerprint density at radius 2 is 2.18 bits per heavy atom. The summed E-state index contributed by atoms with van der Waals surface area (Å²) in [6.07, 6.45) is 1.12. The van der Waals surface area contributed by atoms with Gasteiger partial charge in [0.05, 0.1) is 12.6 Å². The lowest BCUT2D eigenvalue weighted by Gasteiger charge is -2.16. The van der Waals surface area contributed by atoms with E-state index >= 15 is 0 Å². The first-order valence-corrected chi connectivity index (χ1v) is 6.23. The van der Waals surface area contributed by atoms with E-state index in [1.165, 1.54) is 5.56 Å². The molecule has 1 unspecified atom stereocenters. The molecule has 2 rings (SSSR count). The molecule has 1 aromatic rings. The highest BCUT2D eigenvalue weighted by Gasteiger charge is 2.21.